The van der Waals surface area contributed by atoms with Crippen LogP contribution in [0.5, 0.6) is 0 Å². The van der Waals surface area contributed by atoms with Crippen molar-refractivity contribution in [3.8, 4) is 22.5 Å². The summed E-state index contributed by atoms with van der Waals surface area (Å²) in [4.78, 5) is 12.7. The number of fused-ring (bicyclic) bond motifs is 3. The van der Waals surface area contributed by atoms with Gasteiger partial charge in [0, 0.05) is 52.3 Å². The average molecular weight is 626 g/mol. The van der Waals surface area contributed by atoms with Crippen molar-refractivity contribution >= 4 is 22.1 Å². The molecule has 0 aliphatic rings. The topological polar surface area (TPSA) is 51.8 Å². The summed E-state index contributed by atoms with van der Waals surface area (Å²) in [5.74, 6) is 0. The number of rotatable bonds is 2. The van der Waals surface area contributed by atoms with Crippen molar-refractivity contribution in [1.82, 2.24) is 15.0 Å². The molecule has 4 nitrogen and oxygen atoms in total. The van der Waals surface area contributed by atoms with Gasteiger partial charge in [0.2, 0.25) is 5.71 Å². The van der Waals surface area contributed by atoms with E-state index in [1.165, 1.54) is 24.4 Å². The van der Waals surface area contributed by atoms with E-state index in [2.05, 4.69) is 27.1 Å². The number of hydrogen-bond donors (Lipinski definition) is 0. The second-order valence-electron chi connectivity index (χ2n) is 7.19. The molecule has 1 radical (unpaired) electrons. The van der Waals surface area contributed by atoms with Crippen LogP contribution in [0, 0.1) is 25.8 Å². The summed E-state index contributed by atoms with van der Waals surface area (Å²) in [6.45, 7) is -4.34. The Morgan fingerprint density at radius 2 is 1.65 bits per heavy atom. The van der Waals surface area contributed by atoms with Crippen molar-refractivity contribution in [2.45, 2.75) is 13.7 Å². The van der Waals surface area contributed by atoms with Crippen LogP contribution in [-0.4, -0.2) is 15.0 Å². The monoisotopic (exact) mass is 626 g/mol. The maximum absolute atomic E-state index is 7.28. The van der Waals surface area contributed by atoms with E-state index >= 15 is 0 Å². The average Bonchev–Trinajstić information content (AvgIpc) is 3.32. The third kappa shape index (κ3) is 4.96. The molecule has 0 saturated heterocycles. The van der Waals surface area contributed by atoms with Crippen molar-refractivity contribution in [3.63, 3.8) is 0 Å². The standard InChI is InChI=1S/C16H9N2O.C13H12N.Ir/c1-2-9-17-14(8-1)13-6-3-5-11-12-7-4-10-18-16(12)19-15(11)13;1-10-3-6-12(7-4-10)13-8-5-11(2)9-14-13;/h1-5,7-10H;3-6,8-9H,1-2H3;/q2*-1;/i;1D3,2D3;. The normalized spacial score (nSPS) is 13.8. The van der Waals surface area contributed by atoms with E-state index in [0.29, 0.717) is 17.0 Å². The van der Waals surface area contributed by atoms with Crippen molar-refractivity contribution in [2.24, 2.45) is 0 Å². The van der Waals surface area contributed by atoms with Gasteiger partial charge in [-0.25, -0.2) is 4.98 Å². The smallest absolute Gasteiger partial charge is 0.216 e. The summed E-state index contributed by atoms with van der Waals surface area (Å²) in [5.41, 5.74) is 4.71. The molecule has 0 bridgehead atoms. The van der Waals surface area contributed by atoms with Crippen molar-refractivity contribution < 1.29 is 32.7 Å². The van der Waals surface area contributed by atoms with Crippen LogP contribution >= 0.6 is 0 Å². The zero-order valence-electron chi connectivity index (χ0n) is 23.7. The minimum absolute atomic E-state index is 0. The zero-order chi connectivity index (χ0) is 27.6. The van der Waals surface area contributed by atoms with Gasteiger partial charge in [-0.1, -0.05) is 42.1 Å². The first-order chi connectivity index (χ1) is 18.6. The molecule has 6 aromatic rings. The fourth-order valence-corrected chi connectivity index (χ4v) is 3.41. The van der Waals surface area contributed by atoms with E-state index in [1.807, 2.05) is 42.5 Å². The van der Waals surface area contributed by atoms with Gasteiger partial charge in [-0.2, -0.15) is 0 Å². The van der Waals surface area contributed by atoms with Crippen molar-refractivity contribution in [3.05, 3.63) is 115 Å². The predicted molar refractivity (Wildman–Crippen MR) is 132 cm³/mol. The molecule has 2 aromatic carbocycles. The Hall–Kier alpha value is -3.66. The number of hydrogen-bond acceptors (Lipinski definition) is 4. The van der Waals surface area contributed by atoms with Crippen LogP contribution in [0.15, 0.2) is 95.8 Å². The van der Waals surface area contributed by atoms with Gasteiger partial charge in [0.25, 0.3) is 0 Å². The van der Waals surface area contributed by atoms with Crippen LogP contribution in [0.4, 0.5) is 0 Å². The molecule has 5 heteroatoms. The van der Waals surface area contributed by atoms with Gasteiger partial charge in [0.1, 0.15) is 0 Å². The Bertz CT molecular complexity index is 1660. The van der Waals surface area contributed by atoms with Crippen molar-refractivity contribution in [1.29, 1.82) is 0 Å². The molecule has 0 aliphatic heterocycles. The Labute approximate surface area is 220 Å². The molecule has 0 atom stereocenters. The largest absolute Gasteiger partial charge is 0.486 e. The summed E-state index contributed by atoms with van der Waals surface area (Å²) < 4.78 is 49.5. The molecule has 169 valence electrons. The number of aryl methyl sites for hydroxylation is 2. The van der Waals surface area contributed by atoms with Gasteiger partial charge < -0.3 is 14.4 Å². The Morgan fingerprint density at radius 1 is 0.765 bits per heavy atom. The summed E-state index contributed by atoms with van der Waals surface area (Å²) in [7, 11) is 0. The van der Waals surface area contributed by atoms with E-state index in [1.54, 1.807) is 24.5 Å². The van der Waals surface area contributed by atoms with E-state index < -0.39 is 13.7 Å². The second-order valence-corrected chi connectivity index (χ2v) is 7.19. The van der Waals surface area contributed by atoms with E-state index in [4.69, 9.17) is 12.6 Å². The minimum Gasteiger partial charge on any atom is -0.486 e. The first-order valence-electron chi connectivity index (χ1n) is 13.2. The summed E-state index contributed by atoms with van der Waals surface area (Å²) >= 11 is 0. The molecule has 0 aliphatic carbocycles. The number of benzene rings is 2. The number of pyridine rings is 3. The quantitative estimate of drug-likeness (QED) is 0.195. The molecule has 6 rings (SSSR count). The number of furan rings is 1. The summed E-state index contributed by atoms with van der Waals surface area (Å²) in [6, 6.07) is 27.3. The Kier molecular flexibility index (Phi) is 5.22. The van der Waals surface area contributed by atoms with Crippen LogP contribution in [-0.2, 0) is 20.1 Å². The maximum Gasteiger partial charge on any atom is 0.216 e. The van der Waals surface area contributed by atoms with Gasteiger partial charge in [-0.3, -0.25) is 0 Å². The third-order valence-corrected chi connectivity index (χ3v) is 4.98. The molecule has 4 heterocycles. The molecule has 0 unspecified atom stereocenters. The number of aromatic nitrogens is 3. The van der Waals surface area contributed by atoms with Gasteiger partial charge in [0.15, 0.2) is 0 Å². The Balaban J connectivity index is 0.000000180. The second kappa shape index (κ2) is 10.5. The molecular weight excluding hydrogens is 599 g/mol. The van der Waals surface area contributed by atoms with Crippen molar-refractivity contribution in [2.75, 3.05) is 0 Å². The van der Waals surface area contributed by atoms with Crippen LogP contribution in [0.2, 0.25) is 0 Å². The van der Waals surface area contributed by atoms with Crippen LogP contribution in [0.1, 0.15) is 19.4 Å². The predicted octanol–water partition coefficient (Wildman–Crippen LogP) is 7.01. The zero-order valence-corrected chi connectivity index (χ0v) is 20.1. The van der Waals surface area contributed by atoms with E-state index in [0.717, 1.165) is 27.6 Å². The van der Waals surface area contributed by atoms with E-state index in [-0.39, 0.29) is 31.2 Å². The fraction of sp³-hybridized carbons (Fsp3) is 0.0690. The fourth-order valence-electron chi connectivity index (χ4n) is 3.41. The van der Waals surface area contributed by atoms with Gasteiger partial charge in [-0.05, 0) is 42.0 Å². The minimum atomic E-state index is -2.18. The van der Waals surface area contributed by atoms with Gasteiger partial charge in [0.05, 0.1) is 5.58 Å². The summed E-state index contributed by atoms with van der Waals surface area (Å²) in [5, 5.41) is 2.06. The maximum atomic E-state index is 7.28. The molecule has 34 heavy (non-hydrogen) atoms. The molecule has 0 N–H and O–H groups in total. The molecule has 0 amide bonds. The summed E-state index contributed by atoms with van der Waals surface area (Å²) in [6.07, 6.45) is 4.80. The van der Waals surface area contributed by atoms with Crippen LogP contribution in [0.25, 0.3) is 44.6 Å². The first kappa shape index (κ1) is 16.9. The van der Waals surface area contributed by atoms with E-state index in [9.17, 15) is 0 Å². The molecule has 0 spiro atoms. The third-order valence-electron chi connectivity index (χ3n) is 4.98. The Morgan fingerprint density at radius 3 is 2.38 bits per heavy atom. The first-order valence-corrected chi connectivity index (χ1v) is 10.2. The van der Waals surface area contributed by atoms with Crippen LogP contribution in [0.3, 0.4) is 0 Å². The van der Waals surface area contributed by atoms with Gasteiger partial charge >= 0.3 is 0 Å². The molecular formula is C29H21IrN3O-2. The molecule has 0 fully saturated rings. The van der Waals surface area contributed by atoms with Gasteiger partial charge in [-0.15, -0.1) is 53.6 Å². The molecule has 4 aromatic heterocycles. The number of nitrogens with zero attached hydrogens (tertiary/aromatic N) is 3. The van der Waals surface area contributed by atoms with Crippen LogP contribution < -0.4 is 0 Å². The SMILES string of the molecule is [2H]C([2H])([2H])c1c[c-]c(-c2ccc(C([2H])([2H])[2H])cn2)cc1.[Ir].[c-]1ccc2c(oc3ncccc32)c1-c1ccccn1. The molecule has 0 saturated carbocycles.